The maximum atomic E-state index is 12.8. The van der Waals surface area contributed by atoms with Gasteiger partial charge >= 0.3 is 17.9 Å². The Morgan fingerprint density at radius 1 is 1.21 bits per heavy atom. The van der Waals surface area contributed by atoms with E-state index in [-0.39, 0.29) is 24.3 Å². The second-order valence-corrected chi connectivity index (χ2v) is 8.38. The Kier molecular flexibility index (Phi) is 5.09. The number of nitrogens with zero attached hydrogens (tertiary/aromatic N) is 1. The predicted octanol–water partition coefficient (Wildman–Crippen LogP) is -0.0364. The maximum absolute atomic E-state index is 12.8. The molecule has 6 unspecified atom stereocenters. The van der Waals surface area contributed by atoms with Gasteiger partial charge in [0.25, 0.3) is 0 Å². The molecule has 0 aromatic carbocycles. The van der Waals surface area contributed by atoms with Gasteiger partial charge in [-0.25, -0.2) is 0 Å². The van der Waals surface area contributed by atoms with Gasteiger partial charge in [-0.3, -0.25) is 19.3 Å². The van der Waals surface area contributed by atoms with Crippen LogP contribution in [0.2, 0.25) is 0 Å². The number of rotatable bonds is 6. The first-order valence-electron chi connectivity index (χ1n) is 9.79. The van der Waals surface area contributed by atoms with Crippen molar-refractivity contribution >= 4 is 17.9 Å². The Bertz CT molecular complexity index is 658. The molecular formula is C19H27NO8. The summed E-state index contributed by atoms with van der Waals surface area (Å²) in [4.78, 5) is 39.6. The molecule has 0 radical (unpaired) electrons. The largest absolute Gasteiger partial charge is 0.458 e. The zero-order valence-corrected chi connectivity index (χ0v) is 16.4. The van der Waals surface area contributed by atoms with E-state index >= 15 is 0 Å². The lowest BCUT2D eigenvalue weighted by molar-refractivity contribution is -0.214. The van der Waals surface area contributed by atoms with Gasteiger partial charge in [0.2, 0.25) is 5.79 Å². The molecule has 2 bridgehead atoms. The molecule has 0 aromatic rings. The lowest BCUT2D eigenvalue weighted by Crippen LogP contribution is -2.47. The Labute approximate surface area is 163 Å². The Balaban J connectivity index is 1.45. The van der Waals surface area contributed by atoms with E-state index in [0.29, 0.717) is 32.7 Å². The van der Waals surface area contributed by atoms with Gasteiger partial charge in [0.1, 0.15) is 12.2 Å². The molecule has 28 heavy (non-hydrogen) atoms. The fourth-order valence-electron chi connectivity index (χ4n) is 4.95. The molecule has 4 rings (SSSR count). The van der Waals surface area contributed by atoms with Crippen molar-refractivity contribution in [3.63, 3.8) is 0 Å². The summed E-state index contributed by atoms with van der Waals surface area (Å²) in [5.74, 6) is -3.96. The molecule has 2 aliphatic carbocycles. The van der Waals surface area contributed by atoms with Crippen LogP contribution in [0.1, 0.15) is 20.3 Å². The molecule has 0 spiro atoms. The highest BCUT2D eigenvalue weighted by Crippen LogP contribution is 2.59. The molecule has 4 aliphatic rings. The van der Waals surface area contributed by atoms with E-state index in [9.17, 15) is 14.4 Å². The third kappa shape index (κ3) is 3.40. The van der Waals surface area contributed by atoms with Crippen LogP contribution in [0.4, 0.5) is 0 Å². The molecule has 6 atom stereocenters. The van der Waals surface area contributed by atoms with Crippen molar-refractivity contribution in [2.75, 3.05) is 40.0 Å². The lowest BCUT2D eigenvalue weighted by atomic mass is 9.78. The number of hydrogen-bond donors (Lipinski definition) is 0. The topological polar surface area (TPSA) is 101 Å². The van der Waals surface area contributed by atoms with E-state index in [1.54, 1.807) is 13.8 Å². The van der Waals surface area contributed by atoms with Gasteiger partial charge < -0.3 is 23.7 Å². The first-order chi connectivity index (χ1) is 13.3. The number of fused-ring (bicyclic) bond motifs is 1. The van der Waals surface area contributed by atoms with E-state index in [0.717, 1.165) is 0 Å². The van der Waals surface area contributed by atoms with E-state index in [2.05, 4.69) is 0 Å². The average Bonchev–Trinajstić information content (AvgIpc) is 3.26. The van der Waals surface area contributed by atoms with Crippen LogP contribution in [-0.4, -0.2) is 80.8 Å². The van der Waals surface area contributed by atoms with Gasteiger partial charge in [-0.05, 0) is 6.42 Å². The average molecular weight is 397 g/mol. The van der Waals surface area contributed by atoms with Crippen molar-refractivity contribution in [2.24, 2.45) is 23.7 Å². The normalized spacial score (nSPS) is 37.0. The van der Waals surface area contributed by atoms with Gasteiger partial charge in [-0.2, -0.15) is 0 Å². The molecule has 4 fully saturated rings. The number of carbonyl (C=O) groups is 3. The highest BCUT2D eigenvalue weighted by atomic mass is 16.7. The molecule has 0 amide bonds. The fourth-order valence-corrected chi connectivity index (χ4v) is 4.95. The summed E-state index contributed by atoms with van der Waals surface area (Å²) in [5.41, 5.74) is 0. The molecule has 0 aromatic heterocycles. The molecule has 9 nitrogen and oxygen atoms in total. The highest BCUT2D eigenvalue weighted by Gasteiger charge is 2.70. The van der Waals surface area contributed by atoms with Crippen LogP contribution in [0, 0.1) is 23.7 Å². The van der Waals surface area contributed by atoms with Gasteiger partial charge in [0.15, 0.2) is 0 Å². The van der Waals surface area contributed by atoms with Crippen molar-refractivity contribution in [2.45, 2.75) is 38.3 Å². The summed E-state index contributed by atoms with van der Waals surface area (Å²) in [6, 6.07) is 0. The minimum atomic E-state index is -1.09. The van der Waals surface area contributed by atoms with Gasteiger partial charge in [-0.15, -0.1) is 0 Å². The van der Waals surface area contributed by atoms with Crippen LogP contribution in [0.5, 0.6) is 0 Å². The summed E-state index contributed by atoms with van der Waals surface area (Å²) in [5, 5.41) is 0. The van der Waals surface area contributed by atoms with Gasteiger partial charge in [0.05, 0.1) is 31.6 Å². The monoisotopic (exact) mass is 397 g/mol. The maximum Gasteiger partial charge on any atom is 0.320 e. The van der Waals surface area contributed by atoms with Crippen LogP contribution in [0.15, 0.2) is 0 Å². The number of ether oxygens (including phenoxy) is 5. The summed E-state index contributed by atoms with van der Waals surface area (Å²) < 4.78 is 27.1. The standard InChI is InChI=1S/C19H27NO8/c1-19(2,24-3)28-18(23)14-11-8-10-13(14)17(22)27-16(10)15(11)26-12(21)9-20-4-6-25-7-5-20/h10-11,13-16H,4-9H2,1-3H3. The molecule has 0 N–H and O–H groups in total. The molecule has 2 aliphatic heterocycles. The number of esters is 3. The van der Waals surface area contributed by atoms with Crippen molar-refractivity contribution in [1.82, 2.24) is 4.90 Å². The van der Waals surface area contributed by atoms with Crippen LogP contribution >= 0.6 is 0 Å². The van der Waals surface area contributed by atoms with Gasteiger partial charge in [-0.1, -0.05) is 0 Å². The first-order valence-corrected chi connectivity index (χ1v) is 9.79. The van der Waals surface area contributed by atoms with E-state index < -0.39 is 41.8 Å². The Morgan fingerprint density at radius 2 is 1.93 bits per heavy atom. The Hall–Kier alpha value is -1.71. The lowest BCUT2D eigenvalue weighted by Gasteiger charge is -2.33. The van der Waals surface area contributed by atoms with Crippen molar-refractivity contribution < 1.29 is 38.1 Å². The van der Waals surface area contributed by atoms with E-state index in [1.165, 1.54) is 7.11 Å². The van der Waals surface area contributed by atoms with Crippen molar-refractivity contribution in [3.8, 4) is 0 Å². The Morgan fingerprint density at radius 3 is 2.61 bits per heavy atom. The fraction of sp³-hybridized carbons (Fsp3) is 0.842. The SMILES string of the molecule is COC(C)(C)OC(=O)C1C2CC3C(OC(=O)C31)C2OC(=O)CN1CCOCC1. The quantitative estimate of drug-likeness (QED) is 0.347. The summed E-state index contributed by atoms with van der Waals surface area (Å²) in [7, 11) is 1.45. The molecular weight excluding hydrogens is 370 g/mol. The number of carbonyl (C=O) groups excluding carboxylic acids is 3. The van der Waals surface area contributed by atoms with Crippen LogP contribution < -0.4 is 0 Å². The molecule has 2 saturated carbocycles. The number of methoxy groups -OCH3 is 1. The van der Waals surface area contributed by atoms with Crippen LogP contribution in [0.3, 0.4) is 0 Å². The second kappa shape index (κ2) is 7.27. The third-order valence-electron chi connectivity index (χ3n) is 6.38. The minimum absolute atomic E-state index is 0.109. The third-order valence-corrected chi connectivity index (χ3v) is 6.38. The summed E-state index contributed by atoms with van der Waals surface area (Å²) in [6.45, 7) is 5.95. The molecule has 156 valence electrons. The smallest absolute Gasteiger partial charge is 0.320 e. The van der Waals surface area contributed by atoms with E-state index in [4.69, 9.17) is 23.7 Å². The summed E-state index contributed by atoms with van der Waals surface area (Å²) >= 11 is 0. The highest BCUT2D eigenvalue weighted by molar-refractivity contribution is 5.86. The van der Waals surface area contributed by atoms with E-state index in [1.807, 2.05) is 4.90 Å². The molecule has 9 heteroatoms. The number of hydrogen-bond acceptors (Lipinski definition) is 9. The zero-order valence-electron chi connectivity index (χ0n) is 16.4. The van der Waals surface area contributed by atoms with Crippen LogP contribution in [0.25, 0.3) is 0 Å². The van der Waals surface area contributed by atoms with Crippen molar-refractivity contribution in [3.05, 3.63) is 0 Å². The van der Waals surface area contributed by atoms with Crippen LogP contribution in [-0.2, 0) is 38.1 Å². The van der Waals surface area contributed by atoms with Crippen molar-refractivity contribution in [1.29, 1.82) is 0 Å². The predicted molar refractivity (Wildman–Crippen MR) is 92.8 cm³/mol. The molecule has 2 heterocycles. The summed E-state index contributed by atoms with van der Waals surface area (Å²) in [6.07, 6.45) is -0.455. The molecule has 2 saturated heterocycles. The second-order valence-electron chi connectivity index (χ2n) is 8.38. The first kappa shape index (κ1) is 19.6. The minimum Gasteiger partial charge on any atom is -0.458 e. The zero-order chi connectivity index (χ0) is 20.1. The number of morpholine rings is 1. The van der Waals surface area contributed by atoms with Gasteiger partial charge in [0, 0.05) is 45.9 Å².